The van der Waals surface area contributed by atoms with Gasteiger partial charge in [0.05, 0.1) is 10.5 Å². The molecule has 0 aliphatic carbocycles. The molecule has 1 heterocycles. The van der Waals surface area contributed by atoms with Crippen LogP contribution in [0.1, 0.15) is 11.1 Å². The van der Waals surface area contributed by atoms with E-state index in [1.807, 2.05) is 13.0 Å². The number of ether oxygens (including phenoxy) is 1. The zero-order valence-electron chi connectivity index (χ0n) is 9.61. The number of rotatable bonds is 4. The number of nitrogens with zero attached hydrogens (tertiary/aromatic N) is 3. The van der Waals surface area contributed by atoms with Gasteiger partial charge in [-0.25, -0.2) is 4.09 Å². The standard InChI is InChI=1S/C11H11N3O3S/c1-8-3-2-4-10(14(15)16)9(8)7-17-11-5-6-13(18)12-11/h2-6,18H,7H2,1H3. The highest BCUT2D eigenvalue weighted by Crippen LogP contribution is 2.23. The van der Waals surface area contributed by atoms with Crippen LogP contribution in [0.15, 0.2) is 30.5 Å². The molecule has 0 saturated carbocycles. The minimum absolute atomic E-state index is 0.0558. The summed E-state index contributed by atoms with van der Waals surface area (Å²) in [6, 6.07) is 6.56. The van der Waals surface area contributed by atoms with Crippen LogP contribution < -0.4 is 4.74 Å². The first-order valence-electron chi connectivity index (χ1n) is 5.18. The van der Waals surface area contributed by atoms with Gasteiger partial charge in [0.15, 0.2) is 0 Å². The highest BCUT2D eigenvalue weighted by atomic mass is 32.1. The van der Waals surface area contributed by atoms with Crippen LogP contribution in [-0.2, 0) is 6.61 Å². The second-order valence-electron chi connectivity index (χ2n) is 3.69. The van der Waals surface area contributed by atoms with Crippen LogP contribution >= 0.6 is 12.8 Å². The minimum Gasteiger partial charge on any atom is -0.471 e. The Bertz CT molecular complexity index is 583. The molecule has 0 bridgehead atoms. The molecule has 0 N–H and O–H groups in total. The third-order valence-electron chi connectivity index (χ3n) is 2.50. The summed E-state index contributed by atoms with van der Waals surface area (Å²) in [6.45, 7) is 1.91. The van der Waals surface area contributed by atoms with E-state index in [9.17, 15) is 10.1 Å². The number of benzene rings is 1. The highest BCUT2D eigenvalue weighted by Gasteiger charge is 2.16. The Balaban J connectivity index is 2.20. The number of nitro groups is 1. The molecule has 0 aliphatic heterocycles. The van der Waals surface area contributed by atoms with Crippen molar-refractivity contribution in [2.75, 3.05) is 0 Å². The molecule has 0 fully saturated rings. The van der Waals surface area contributed by atoms with Crippen molar-refractivity contribution < 1.29 is 9.66 Å². The first kappa shape index (κ1) is 12.4. The molecule has 0 amide bonds. The predicted octanol–water partition coefficient (Wildman–Crippen LogP) is 2.37. The van der Waals surface area contributed by atoms with E-state index in [1.54, 1.807) is 18.3 Å². The van der Waals surface area contributed by atoms with E-state index < -0.39 is 4.92 Å². The van der Waals surface area contributed by atoms with Crippen molar-refractivity contribution in [1.29, 1.82) is 0 Å². The first-order valence-corrected chi connectivity index (χ1v) is 5.58. The van der Waals surface area contributed by atoms with Crippen molar-refractivity contribution >= 4 is 18.5 Å². The summed E-state index contributed by atoms with van der Waals surface area (Å²) in [4.78, 5) is 10.5. The molecule has 0 aliphatic rings. The maximum atomic E-state index is 10.9. The number of thiol groups is 1. The topological polar surface area (TPSA) is 70.2 Å². The lowest BCUT2D eigenvalue weighted by Crippen LogP contribution is -2.03. The van der Waals surface area contributed by atoms with Gasteiger partial charge in [0.2, 0.25) is 5.88 Å². The number of hydrogen-bond donors (Lipinski definition) is 1. The average Bonchev–Trinajstić information content (AvgIpc) is 2.73. The van der Waals surface area contributed by atoms with E-state index >= 15 is 0 Å². The highest BCUT2D eigenvalue weighted by molar-refractivity contribution is 7.78. The van der Waals surface area contributed by atoms with Crippen molar-refractivity contribution in [3.05, 3.63) is 51.7 Å². The van der Waals surface area contributed by atoms with Crippen molar-refractivity contribution in [1.82, 2.24) is 9.19 Å². The zero-order chi connectivity index (χ0) is 13.1. The maximum absolute atomic E-state index is 10.9. The molecular weight excluding hydrogens is 254 g/mol. The Morgan fingerprint density at radius 1 is 1.50 bits per heavy atom. The van der Waals surface area contributed by atoms with Gasteiger partial charge in [-0.1, -0.05) is 12.1 Å². The van der Waals surface area contributed by atoms with Crippen LogP contribution in [0.5, 0.6) is 5.88 Å². The number of nitro benzene ring substituents is 1. The number of aryl methyl sites for hydroxylation is 1. The Labute approximate surface area is 109 Å². The number of hydrogen-bond acceptors (Lipinski definition) is 5. The molecule has 0 atom stereocenters. The lowest BCUT2D eigenvalue weighted by Gasteiger charge is -2.07. The van der Waals surface area contributed by atoms with Crippen LogP contribution in [0.25, 0.3) is 0 Å². The maximum Gasteiger partial charge on any atom is 0.276 e. The molecule has 94 valence electrons. The summed E-state index contributed by atoms with van der Waals surface area (Å²) in [5.74, 6) is 0.377. The van der Waals surface area contributed by atoms with E-state index in [4.69, 9.17) is 4.74 Å². The molecule has 0 radical (unpaired) electrons. The van der Waals surface area contributed by atoms with Gasteiger partial charge in [-0.15, -0.1) is 5.10 Å². The second-order valence-corrected chi connectivity index (χ2v) is 4.10. The van der Waals surface area contributed by atoms with Gasteiger partial charge in [-0.05, 0) is 25.3 Å². The van der Waals surface area contributed by atoms with Crippen LogP contribution in [0.2, 0.25) is 0 Å². The molecule has 0 spiro atoms. The summed E-state index contributed by atoms with van der Waals surface area (Å²) in [7, 11) is 0. The van der Waals surface area contributed by atoms with Gasteiger partial charge in [-0.3, -0.25) is 10.1 Å². The largest absolute Gasteiger partial charge is 0.471 e. The molecule has 7 heteroatoms. The van der Waals surface area contributed by atoms with Crippen LogP contribution in [0.3, 0.4) is 0 Å². The Kier molecular flexibility index (Phi) is 3.52. The normalized spacial score (nSPS) is 10.3. The average molecular weight is 265 g/mol. The Morgan fingerprint density at radius 2 is 2.28 bits per heavy atom. The quantitative estimate of drug-likeness (QED) is 0.523. The molecule has 2 rings (SSSR count). The van der Waals surface area contributed by atoms with Gasteiger partial charge in [0.25, 0.3) is 5.69 Å². The van der Waals surface area contributed by atoms with Crippen molar-refractivity contribution in [2.24, 2.45) is 0 Å². The van der Waals surface area contributed by atoms with E-state index in [2.05, 4.69) is 17.9 Å². The molecule has 1 aromatic heterocycles. The summed E-state index contributed by atoms with van der Waals surface area (Å²) in [5.41, 5.74) is 1.42. The lowest BCUT2D eigenvalue weighted by atomic mass is 10.1. The van der Waals surface area contributed by atoms with Gasteiger partial charge >= 0.3 is 0 Å². The lowest BCUT2D eigenvalue weighted by molar-refractivity contribution is -0.385. The molecule has 0 saturated heterocycles. The smallest absolute Gasteiger partial charge is 0.276 e. The summed E-state index contributed by atoms with van der Waals surface area (Å²) < 4.78 is 6.71. The molecular formula is C11H11N3O3S. The summed E-state index contributed by atoms with van der Waals surface area (Å²) in [6.07, 6.45) is 1.62. The van der Waals surface area contributed by atoms with E-state index in [1.165, 1.54) is 10.2 Å². The summed E-state index contributed by atoms with van der Waals surface area (Å²) in [5, 5.41) is 14.8. The van der Waals surface area contributed by atoms with Gasteiger partial charge < -0.3 is 4.74 Å². The predicted molar refractivity (Wildman–Crippen MR) is 68.8 cm³/mol. The van der Waals surface area contributed by atoms with E-state index in [0.29, 0.717) is 11.4 Å². The fraction of sp³-hybridized carbons (Fsp3) is 0.182. The van der Waals surface area contributed by atoms with Crippen molar-refractivity contribution in [2.45, 2.75) is 13.5 Å². The molecule has 18 heavy (non-hydrogen) atoms. The van der Waals surface area contributed by atoms with Crippen LogP contribution in [0.4, 0.5) is 5.69 Å². The van der Waals surface area contributed by atoms with Crippen LogP contribution in [0, 0.1) is 17.0 Å². The molecule has 2 aromatic rings. The fourth-order valence-electron chi connectivity index (χ4n) is 1.57. The second kappa shape index (κ2) is 5.09. The van der Waals surface area contributed by atoms with Gasteiger partial charge in [-0.2, -0.15) is 0 Å². The van der Waals surface area contributed by atoms with Crippen molar-refractivity contribution in [3.63, 3.8) is 0 Å². The molecule has 6 nitrogen and oxygen atoms in total. The Morgan fingerprint density at radius 3 is 2.89 bits per heavy atom. The minimum atomic E-state index is -0.414. The van der Waals surface area contributed by atoms with E-state index in [0.717, 1.165) is 5.56 Å². The van der Waals surface area contributed by atoms with Gasteiger partial charge in [0, 0.05) is 18.3 Å². The monoisotopic (exact) mass is 265 g/mol. The molecule has 0 unspecified atom stereocenters. The third-order valence-corrected chi connectivity index (χ3v) is 2.72. The zero-order valence-corrected chi connectivity index (χ0v) is 10.5. The summed E-state index contributed by atoms with van der Waals surface area (Å²) >= 11 is 3.98. The third kappa shape index (κ3) is 2.62. The number of aromatic nitrogens is 2. The van der Waals surface area contributed by atoms with Crippen molar-refractivity contribution in [3.8, 4) is 5.88 Å². The Hall–Kier alpha value is -2.02. The first-order chi connectivity index (χ1) is 8.58. The van der Waals surface area contributed by atoms with Gasteiger partial charge in [0.1, 0.15) is 6.61 Å². The van der Waals surface area contributed by atoms with Crippen LogP contribution in [-0.4, -0.2) is 14.1 Å². The fourth-order valence-corrected chi connectivity index (χ4v) is 1.72. The van der Waals surface area contributed by atoms with E-state index in [-0.39, 0.29) is 12.3 Å². The molecule has 1 aromatic carbocycles. The SMILES string of the molecule is Cc1cccc([N+](=O)[O-])c1COc1ccn(S)n1.